The lowest BCUT2D eigenvalue weighted by Gasteiger charge is -2.23. The van der Waals surface area contributed by atoms with Gasteiger partial charge in [0.25, 0.3) is 0 Å². The molecule has 0 saturated heterocycles. The van der Waals surface area contributed by atoms with Crippen molar-refractivity contribution in [2.24, 2.45) is 0 Å². The number of anilines is 2. The lowest BCUT2D eigenvalue weighted by atomic mass is 10.2. The Morgan fingerprint density at radius 1 is 1.00 bits per heavy atom. The second-order valence-corrected chi connectivity index (χ2v) is 7.78. The molecule has 1 aromatic heterocycles. The number of carbonyl (C=O) groups is 1. The van der Waals surface area contributed by atoms with Crippen molar-refractivity contribution in [3.8, 4) is 0 Å². The Balaban J connectivity index is 1.82. The molecule has 0 saturated carbocycles. The van der Waals surface area contributed by atoms with Gasteiger partial charge in [0, 0.05) is 23.8 Å². The first kappa shape index (κ1) is 20.1. The second-order valence-electron chi connectivity index (χ2n) is 6.84. The first-order valence-corrected chi connectivity index (χ1v) is 10.6. The molecule has 3 rings (SSSR count). The quantitative estimate of drug-likeness (QED) is 0.489. The highest BCUT2D eigenvalue weighted by Gasteiger charge is 2.20. The van der Waals surface area contributed by atoms with Crippen LogP contribution < -0.4 is 4.90 Å². The fourth-order valence-electron chi connectivity index (χ4n) is 3.05. The number of hydrogen-bond donors (Lipinski definition) is 0. The van der Waals surface area contributed by atoms with Crippen molar-refractivity contribution in [2.75, 3.05) is 10.7 Å². The molecule has 6 heteroatoms. The molecule has 0 atom stereocenters. The van der Waals surface area contributed by atoms with Gasteiger partial charge < -0.3 is 4.57 Å². The highest BCUT2D eigenvalue weighted by atomic mass is 32.2. The SMILES string of the molecule is CCCn1c(SCC(=O)N(c2ccccc2)c2ccccc2)nnc1C(C)C. The number of rotatable bonds is 8. The van der Waals surface area contributed by atoms with Gasteiger partial charge in [-0.05, 0) is 30.7 Å². The zero-order valence-electron chi connectivity index (χ0n) is 16.6. The summed E-state index contributed by atoms with van der Waals surface area (Å²) in [5.74, 6) is 1.58. The van der Waals surface area contributed by atoms with Crippen LogP contribution in [0.5, 0.6) is 0 Å². The van der Waals surface area contributed by atoms with E-state index in [1.54, 1.807) is 4.90 Å². The lowest BCUT2D eigenvalue weighted by molar-refractivity contribution is -0.115. The first-order valence-electron chi connectivity index (χ1n) is 9.60. The number of nitrogens with zero attached hydrogens (tertiary/aromatic N) is 4. The maximum atomic E-state index is 13.2. The molecule has 0 radical (unpaired) electrons. The number of aromatic nitrogens is 3. The molecule has 0 aliphatic heterocycles. The van der Waals surface area contributed by atoms with Gasteiger partial charge >= 0.3 is 0 Å². The van der Waals surface area contributed by atoms with E-state index in [0.29, 0.717) is 11.7 Å². The standard InChI is InChI=1S/C22H26N4OS/c1-4-15-25-21(17(2)3)23-24-22(25)28-16-20(27)26(18-11-7-5-8-12-18)19-13-9-6-10-14-19/h5-14,17H,4,15-16H2,1-3H3. The van der Waals surface area contributed by atoms with Crippen LogP contribution in [-0.4, -0.2) is 26.4 Å². The molecular formula is C22H26N4OS. The molecule has 28 heavy (non-hydrogen) atoms. The minimum atomic E-state index is 0.0135. The van der Waals surface area contributed by atoms with Crippen LogP contribution in [-0.2, 0) is 11.3 Å². The van der Waals surface area contributed by atoms with E-state index in [4.69, 9.17) is 0 Å². The Hall–Kier alpha value is -2.60. The van der Waals surface area contributed by atoms with Crippen molar-refractivity contribution in [1.29, 1.82) is 0 Å². The molecule has 146 valence electrons. The molecule has 0 unspecified atom stereocenters. The van der Waals surface area contributed by atoms with Gasteiger partial charge in [0.05, 0.1) is 5.75 Å². The van der Waals surface area contributed by atoms with Gasteiger partial charge in [0.2, 0.25) is 5.91 Å². The molecule has 0 aliphatic rings. The average Bonchev–Trinajstić information content (AvgIpc) is 3.11. The molecule has 2 aromatic carbocycles. The Labute approximate surface area is 170 Å². The monoisotopic (exact) mass is 394 g/mol. The summed E-state index contributed by atoms with van der Waals surface area (Å²) in [6.07, 6.45) is 0.999. The molecule has 1 heterocycles. The molecule has 3 aromatic rings. The number of benzene rings is 2. The molecular weight excluding hydrogens is 368 g/mol. The number of carbonyl (C=O) groups excluding carboxylic acids is 1. The van der Waals surface area contributed by atoms with Crippen molar-refractivity contribution in [3.63, 3.8) is 0 Å². The number of amides is 1. The first-order chi connectivity index (χ1) is 13.6. The molecule has 0 fully saturated rings. The summed E-state index contributed by atoms with van der Waals surface area (Å²) < 4.78 is 2.14. The van der Waals surface area contributed by atoms with Crippen LogP contribution in [0.15, 0.2) is 65.8 Å². The number of hydrogen-bond acceptors (Lipinski definition) is 4. The highest BCUT2D eigenvalue weighted by molar-refractivity contribution is 7.99. The van der Waals surface area contributed by atoms with Crippen molar-refractivity contribution < 1.29 is 4.79 Å². The summed E-state index contributed by atoms with van der Waals surface area (Å²) in [4.78, 5) is 14.9. The molecule has 0 aliphatic carbocycles. The predicted molar refractivity (Wildman–Crippen MR) is 115 cm³/mol. The third-order valence-electron chi connectivity index (χ3n) is 4.31. The van der Waals surface area contributed by atoms with E-state index in [2.05, 4.69) is 35.5 Å². The van der Waals surface area contributed by atoms with Crippen LogP contribution in [0.3, 0.4) is 0 Å². The van der Waals surface area contributed by atoms with Gasteiger partial charge in [-0.1, -0.05) is 68.9 Å². The Morgan fingerprint density at radius 2 is 1.57 bits per heavy atom. The summed E-state index contributed by atoms with van der Waals surface area (Å²) in [7, 11) is 0. The van der Waals surface area contributed by atoms with E-state index >= 15 is 0 Å². The van der Waals surface area contributed by atoms with E-state index in [-0.39, 0.29) is 5.91 Å². The van der Waals surface area contributed by atoms with Crippen LogP contribution in [0.1, 0.15) is 38.9 Å². The summed E-state index contributed by atoms with van der Waals surface area (Å²) in [6, 6.07) is 19.5. The lowest BCUT2D eigenvalue weighted by Crippen LogP contribution is -2.27. The molecule has 5 nitrogen and oxygen atoms in total. The fourth-order valence-corrected chi connectivity index (χ4v) is 3.87. The Morgan fingerprint density at radius 3 is 2.07 bits per heavy atom. The minimum absolute atomic E-state index is 0.0135. The van der Waals surface area contributed by atoms with Crippen molar-refractivity contribution in [2.45, 2.75) is 44.8 Å². The van der Waals surface area contributed by atoms with Gasteiger partial charge in [-0.2, -0.15) is 0 Å². The molecule has 0 spiro atoms. The fraction of sp³-hybridized carbons (Fsp3) is 0.318. The third-order valence-corrected chi connectivity index (χ3v) is 5.26. The highest BCUT2D eigenvalue weighted by Crippen LogP contribution is 2.28. The average molecular weight is 395 g/mol. The summed E-state index contributed by atoms with van der Waals surface area (Å²) in [6.45, 7) is 7.22. The van der Waals surface area contributed by atoms with Gasteiger partial charge in [0.15, 0.2) is 5.16 Å². The maximum Gasteiger partial charge on any atom is 0.242 e. The van der Waals surface area contributed by atoms with Gasteiger partial charge in [-0.25, -0.2) is 0 Å². The predicted octanol–water partition coefficient (Wildman–Crippen LogP) is 5.27. The van der Waals surface area contributed by atoms with Crippen LogP contribution in [0, 0.1) is 0 Å². The van der Waals surface area contributed by atoms with Crippen LogP contribution in [0.2, 0.25) is 0 Å². The minimum Gasteiger partial charge on any atom is -0.306 e. The summed E-state index contributed by atoms with van der Waals surface area (Å²) in [5, 5.41) is 9.48. The normalized spacial score (nSPS) is 11.0. The zero-order chi connectivity index (χ0) is 19.9. The maximum absolute atomic E-state index is 13.2. The molecule has 0 bridgehead atoms. The number of thioether (sulfide) groups is 1. The van der Waals surface area contributed by atoms with E-state index < -0.39 is 0 Å². The van der Waals surface area contributed by atoms with Gasteiger partial charge in [0.1, 0.15) is 5.82 Å². The van der Waals surface area contributed by atoms with Gasteiger partial charge in [-0.15, -0.1) is 10.2 Å². The number of para-hydroxylation sites is 2. The van der Waals surface area contributed by atoms with Crippen molar-refractivity contribution >= 4 is 29.0 Å². The summed E-state index contributed by atoms with van der Waals surface area (Å²) in [5.41, 5.74) is 1.72. The van der Waals surface area contributed by atoms with Gasteiger partial charge in [-0.3, -0.25) is 9.69 Å². The van der Waals surface area contributed by atoms with Crippen LogP contribution in [0.25, 0.3) is 0 Å². The largest absolute Gasteiger partial charge is 0.306 e. The van der Waals surface area contributed by atoms with E-state index in [9.17, 15) is 4.79 Å². The molecule has 1 amide bonds. The van der Waals surface area contributed by atoms with Crippen molar-refractivity contribution in [3.05, 3.63) is 66.5 Å². The summed E-state index contributed by atoms with van der Waals surface area (Å²) >= 11 is 1.45. The second kappa shape index (κ2) is 9.55. The third kappa shape index (κ3) is 4.62. The topological polar surface area (TPSA) is 51.0 Å². The Bertz CT molecular complexity index is 854. The zero-order valence-corrected chi connectivity index (χ0v) is 17.4. The molecule has 0 N–H and O–H groups in total. The van der Waals surface area contributed by atoms with Crippen LogP contribution >= 0.6 is 11.8 Å². The smallest absolute Gasteiger partial charge is 0.242 e. The Kier molecular flexibility index (Phi) is 6.87. The van der Waals surface area contributed by atoms with E-state index in [0.717, 1.165) is 35.3 Å². The van der Waals surface area contributed by atoms with E-state index in [1.807, 2.05) is 60.7 Å². The van der Waals surface area contributed by atoms with E-state index in [1.165, 1.54) is 11.8 Å². The van der Waals surface area contributed by atoms with Crippen LogP contribution in [0.4, 0.5) is 11.4 Å². The van der Waals surface area contributed by atoms with Crippen molar-refractivity contribution in [1.82, 2.24) is 14.8 Å².